The number of rotatable bonds is 5. The Kier molecular flexibility index (Phi) is 4.31. The predicted octanol–water partition coefficient (Wildman–Crippen LogP) is 3.65. The average Bonchev–Trinajstić information content (AvgIpc) is 3.06. The van der Waals surface area contributed by atoms with Crippen molar-refractivity contribution in [2.75, 3.05) is 0 Å². The van der Waals surface area contributed by atoms with Crippen LogP contribution in [0.4, 0.5) is 0 Å². The number of carbonyl (C=O) groups is 1. The second-order valence-electron chi connectivity index (χ2n) is 5.00. The van der Waals surface area contributed by atoms with E-state index in [1.165, 1.54) is 4.70 Å². The van der Waals surface area contributed by atoms with Crippen molar-refractivity contribution in [2.45, 2.75) is 25.8 Å². The molecule has 0 bridgehead atoms. The van der Waals surface area contributed by atoms with E-state index in [-0.39, 0.29) is 11.9 Å². The maximum atomic E-state index is 12.0. The maximum absolute atomic E-state index is 12.0. The van der Waals surface area contributed by atoms with Crippen LogP contribution in [0.1, 0.15) is 16.8 Å². The first-order chi connectivity index (χ1) is 10.2. The summed E-state index contributed by atoms with van der Waals surface area (Å²) < 4.78 is 1.20. The van der Waals surface area contributed by atoms with Crippen molar-refractivity contribution < 1.29 is 4.79 Å². The van der Waals surface area contributed by atoms with Gasteiger partial charge >= 0.3 is 0 Å². The van der Waals surface area contributed by atoms with E-state index in [1.54, 1.807) is 22.7 Å². The molecule has 0 fully saturated rings. The molecular weight excluding hydrogens is 300 g/mol. The Morgan fingerprint density at radius 3 is 2.90 bits per heavy atom. The number of hydrogen-bond acceptors (Lipinski definition) is 4. The second-order valence-corrected chi connectivity index (χ2v) is 7.15. The molecule has 0 saturated carbocycles. The molecule has 21 heavy (non-hydrogen) atoms. The summed E-state index contributed by atoms with van der Waals surface area (Å²) in [6.07, 6.45) is 1.23. The van der Waals surface area contributed by atoms with Gasteiger partial charge in [0.1, 0.15) is 0 Å². The minimum Gasteiger partial charge on any atom is -0.353 e. The zero-order valence-electron chi connectivity index (χ0n) is 11.7. The largest absolute Gasteiger partial charge is 0.353 e. The summed E-state index contributed by atoms with van der Waals surface area (Å²) in [4.78, 5) is 17.7. The number of amides is 1. The van der Waals surface area contributed by atoms with Crippen LogP contribution in [-0.2, 0) is 17.6 Å². The summed E-state index contributed by atoms with van der Waals surface area (Å²) in [5.41, 5.74) is 1.04. The molecule has 0 saturated heterocycles. The fourth-order valence-electron chi connectivity index (χ4n) is 2.22. The smallest absolute Gasteiger partial charge is 0.225 e. The molecule has 0 aliphatic rings. The lowest BCUT2D eigenvalue weighted by Gasteiger charge is -2.11. The van der Waals surface area contributed by atoms with Crippen LogP contribution in [0.25, 0.3) is 10.2 Å². The number of carbonyl (C=O) groups excluding carboxylic acids is 1. The minimum absolute atomic E-state index is 0.0751. The van der Waals surface area contributed by atoms with Crippen LogP contribution < -0.4 is 5.32 Å². The zero-order valence-corrected chi connectivity index (χ0v) is 13.3. The number of aromatic nitrogens is 1. The number of thiazole rings is 1. The summed E-state index contributed by atoms with van der Waals surface area (Å²) in [6, 6.07) is 12.2. The third-order valence-corrected chi connectivity index (χ3v) is 5.08. The summed E-state index contributed by atoms with van der Waals surface area (Å²) in [7, 11) is 0. The van der Waals surface area contributed by atoms with Crippen molar-refractivity contribution in [1.29, 1.82) is 0 Å². The van der Waals surface area contributed by atoms with Gasteiger partial charge in [-0.05, 0) is 30.5 Å². The summed E-state index contributed by atoms with van der Waals surface area (Å²) >= 11 is 3.31. The van der Waals surface area contributed by atoms with Gasteiger partial charge in [-0.15, -0.1) is 22.7 Å². The summed E-state index contributed by atoms with van der Waals surface area (Å²) in [5.74, 6) is 0.0751. The molecule has 2 heterocycles. The fourth-order valence-corrected chi connectivity index (χ4v) is 4.02. The quantitative estimate of drug-likeness (QED) is 0.781. The highest BCUT2D eigenvalue weighted by Crippen LogP contribution is 2.22. The van der Waals surface area contributed by atoms with Crippen LogP contribution in [0.5, 0.6) is 0 Å². The molecule has 1 atom stereocenters. The molecule has 0 aliphatic carbocycles. The Morgan fingerprint density at radius 1 is 1.29 bits per heavy atom. The second kappa shape index (κ2) is 6.37. The van der Waals surface area contributed by atoms with E-state index >= 15 is 0 Å². The lowest BCUT2D eigenvalue weighted by molar-refractivity contribution is -0.120. The van der Waals surface area contributed by atoms with Crippen molar-refractivity contribution in [2.24, 2.45) is 0 Å². The van der Waals surface area contributed by atoms with Crippen molar-refractivity contribution in [3.63, 3.8) is 0 Å². The van der Waals surface area contributed by atoms with Gasteiger partial charge in [0.2, 0.25) is 5.91 Å². The van der Waals surface area contributed by atoms with Crippen molar-refractivity contribution in [3.8, 4) is 0 Å². The molecule has 3 rings (SSSR count). The van der Waals surface area contributed by atoms with Crippen molar-refractivity contribution >= 4 is 38.8 Å². The van der Waals surface area contributed by atoms with Gasteiger partial charge in [-0.25, -0.2) is 4.98 Å². The normalized spacial score (nSPS) is 12.4. The van der Waals surface area contributed by atoms with E-state index in [2.05, 4.69) is 16.4 Å². The van der Waals surface area contributed by atoms with Gasteiger partial charge in [-0.2, -0.15) is 0 Å². The third-order valence-electron chi connectivity index (χ3n) is 3.14. The minimum atomic E-state index is 0.0751. The highest BCUT2D eigenvalue weighted by atomic mass is 32.1. The SMILES string of the molecule is CC(Cc1nc2ccccc2s1)NC(=O)Cc1cccs1. The molecule has 1 amide bonds. The monoisotopic (exact) mass is 316 g/mol. The van der Waals surface area contributed by atoms with E-state index < -0.39 is 0 Å². The zero-order chi connectivity index (χ0) is 14.7. The molecular formula is C16H16N2OS2. The maximum Gasteiger partial charge on any atom is 0.225 e. The Bertz CT molecular complexity index is 701. The molecule has 0 spiro atoms. The Morgan fingerprint density at radius 2 is 2.14 bits per heavy atom. The van der Waals surface area contributed by atoms with Gasteiger partial charge in [0.25, 0.3) is 0 Å². The molecule has 108 valence electrons. The van der Waals surface area contributed by atoms with Crippen LogP contribution in [0, 0.1) is 0 Å². The van der Waals surface area contributed by atoms with Crippen LogP contribution >= 0.6 is 22.7 Å². The van der Waals surface area contributed by atoms with Gasteiger partial charge in [-0.1, -0.05) is 18.2 Å². The average molecular weight is 316 g/mol. The van der Waals surface area contributed by atoms with Gasteiger partial charge in [-0.3, -0.25) is 4.79 Å². The standard InChI is InChI=1S/C16H16N2OS2/c1-11(17-15(19)10-12-5-4-8-20-12)9-16-18-13-6-2-3-7-14(13)21-16/h2-8,11H,9-10H2,1H3,(H,17,19). The number of nitrogens with zero attached hydrogens (tertiary/aromatic N) is 1. The Labute approximate surface area is 131 Å². The van der Waals surface area contributed by atoms with Gasteiger partial charge in [0, 0.05) is 17.3 Å². The van der Waals surface area contributed by atoms with Crippen LogP contribution in [-0.4, -0.2) is 16.9 Å². The molecule has 0 radical (unpaired) electrons. The number of nitrogens with one attached hydrogen (secondary N) is 1. The number of thiophene rings is 1. The molecule has 1 aromatic carbocycles. The molecule has 5 heteroatoms. The van der Waals surface area contributed by atoms with Crippen molar-refractivity contribution in [1.82, 2.24) is 10.3 Å². The Hall–Kier alpha value is -1.72. The Balaban J connectivity index is 1.58. The van der Waals surface area contributed by atoms with E-state index in [0.29, 0.717) is 6.42 Å². The van der Waals surface area contributed by atoms with Gasteiger partial charge in [0.05, 0.1) is 21.6 Å². The number of benzene rings is 1. The highest BCUT2D eigenvalue weighted by Gasteiger charge is 2.12. The van der Waals surface area contributed by atoms with E-state index in [4.69, 9.17) is 0 Å². The van der Waals surface area contributed by atoms with Crippen molar-refractivity contribution in [3.05, 3.63) is 51.7 Å². The fraction of sp³-hybridized carbons (Fsp3) is 0.250. The third kappa shape index (κ3) is 3.68. The number of hydrogen-bond donors (Lipinski definition) is 1. The molecule has 3 aromatic rings. The predicted molar refractivity (Wildman–Crippen MR) is 89.0 cm³/mol. The van der Waals surface area contributed by atoms with E-state index in [1.807, 2.05) is 42.6 Å². The first-order valence-electron chi connectivity index (χ1n) is 6.87. The molecule has 1 unspecified atom stereocenters. The molecule has 2 aromatic heterocycles. The first-order valence-corrected chi connectivity index (χ1v) is 8.56. The van der Waals surface area contributed by atoms with E-state index in [0.717, 1.165) is 21.8 Å². The summed E-state index contributed by atoms with van der Waals surface area (Å²) in [6.45, 7) is 2.03. The lowest BCUT2D eigenvalue weighted by atomic mass is 10.2. The molecule has 1 N–H and O–H groups in total. The molecule has 0 aliphatic heterocycles. The summed E-state index contributed by atoms with van der Waals surface area (Å²) in [5, 5.41) is 6.11. The molecule has 3 nitrogen and oxygen atoms in total. The lowest BCUT2D eigenvalue weighted by Crippen LogP contribution is -2.34. The topological polar surface area (TPSA) is 42.0 Å². The number of fused-ring (bicyclic) bond motifs is 1. The first kappa shape index (κ1) is 14.2. The van der Waals surface area contributed by atoms with Crippen LogP contribution in [0.15, 0.2) is 41.8 Å². The van der Waals surface area contributed by atoms with Gasteiger partial charge < -0.3 is 5.32 Å². The van der Waals surface area contributed by atoms with Crippen LogP contribution in [0.3, 0.4) is 0 Å². The van der Waals surface area contributed by atoms with Crippen LogP contribution in [0.2, 0.25) is 0 Å². The van der Waals surface area contributed by atoms with Gasteiger partial charge in [0.15, 0.2) is 0 Å². The number of para-hydroxylation sites is 1. The highest BCUT2D eigenvalue weighted by molar-refractivity contribution is 7.18. The van der Waals surface area contributed by atoms with E-state index in [9.17, 15) is 4.79 Å².